The molecule has 96 valence electrons. The Morgan fingerprint density at radius 1 is 1.22 bits per heavy atom. The second-order valence-electron chi connectivity index (χ2n) is 6.30. The van der Waals surface area contributed by atoms with Gasteiger partial charge in [0, 0.05) is 12.0 Å². The molecule has 18 heavy (non-hydrogen) atoms. The van der Waals surface area contributed by atoms with E-state index >= 15 is 0 Å². The Labute approximate surface area is 110 Å². The zero-order valence-corrected chi connectivity index (χ0v) is 11.7. The van der Waals surface area contributed by atoms with E-state index in [0.717, 1.165) is 18.4 Å². The van der Waals surface area contributed by atoms with E-state index in [-0.39, 0.29) is 0 Å². The van der Waals surface area contributed by atoms with Crippen molar-refractivity contribution in [2.24, 2.45) is 5.92 Å². The quantitative estimate of drug-likeness (QED) is 0.721. The number of carbonyl (C=O) groups excluding carboxylic acids is 1. The molecular formula is C17H22O. The van der Waals surface area contributed by atoms with Gasteiger partial charge in [0.05, 0.1) is 0 Å². The molecule has 0 saturated carbocycles. The maximum absolute atomic E-state index is 12.4. The molecule has 1 unspecified atom stereocenters. The van der Waals surface area contributed by atoms with Crippen molar-refractivity contribution in [3.8, 4) is 0 Å². The van der Waals surface area contributed by atoms with Crippen LogP contribution in [0.2, 0.25) is 0 Å². The predicted octanol–water partition coefficient (Wildman–Crippen LogP) is 4.20. The Bertz CT molecular complexity index is 511. The number of Topliss-reactive ketones (excluding diaryl/α,β-unsaturated/α-hetero) is 1. The van der Waals surface area contributed by atoms with Gasteiger partial charge in [0.2, 0.25) is 0 Å². The highest BCUT2D eigenvalue weighted by Gasteiger charge is 2.35. The van der Waals surface area contributed by atoms with Crippen molar-refractivity contribution in [2.45, 2.75) is 58.8 Å². The van der Waals surface area contributed by atoms with Crippen molar-refractivity contribution >= 4 is 5.78 Å². The fourth-order valence-corrected chi connectivity index (χ4v) is 3.84. The fourth-order valence-electron chi connectivity index (χ4n) is 3.84. The third-order valence-corrected chi connectivity index (χ3v) is 4.76. The first-order valence-electron chi connectivity index (χ1n) is 7.28. The van der Waals surface area contributed by atoms with Crippen LogP contribution in [0.5, 0.6) is 0 Å². The zero-order valence-electron chi connectivity index (χ0n) is 11.7. The number of benzene rings is 1. The lowest BCUT2D eigenvalue weighted by Crippen LogP contribution is -2.11. The molecular weight excluding hydrogens is 220 g/mol. The van der Waals surface area contributed by atoms with Crippen molar-refractivity contribution in [3.05, 3.63) is 33.9 Å². The minimum Gasteiger partial charge on any atom is -0.294 e. The summed E-state index contributed by atoms with van der Waals surface area (Å²) in [6, 6.07) is 2.36. The van der Waals surface area contributed by atoms with Crippen LogP contribution in [0.4, 0.5) is 0 Å². The first-order chi connectivity index (χ1) is 8.59. The molecule has 0 bridgehead atoms. The fraction of sp³-hybridized carbons (Fsp3) is 0.588. The standard InChI is InChI=1S/C17H22O/c1-10(2)14-9-15(18)17-13-7-5-4-6-12(13)8-11(3)16(14)17/h8,10,14H,4-7,9H2,1-3H3. The SMILES string of the molecule is Cc1cc2c(c3c1C(C(C)C)CC3=O)CCCC2. The van der Waals surface area contributed by atoms with Gasteiger partial charge in [0.25, 0.3) is 0 Å². The minimum absolute atomic E-state index is 0.408. The second-order valence-corrected chi connectivity index (χ2v) is 6.30. The molecule has 2 aliphatic rings. The van der Waals surface area contributed by atoms with Gasteiger partial charge in [-0.2, -0.15) is 0 Å². The molecule has 3 rings (SSSR count). The van der Waals surface area contributed by atoms with Crippen LogP contribution in [0.3, 0.4) is 0 Å². The molecule has 1 aromatic rings. The molecule has 0 saturated heterocycles. The smallest absolute Gasteiger partial charge is 0.164 e. The minimum atomic E-state index is 0.408. The summed E-state index contributed by atoms with van der Waals surface area (Å²) in [6.07, 6.45) is 5.57. The number of ketones is 1. The lowest BCUT2D eigenvalue weighted by molar-refractivity contribution is 0.0983. The Hall–Kier alpha value is -1.11. The van der Waals surface area contributed by atoms with Gasteiger partial charge in [-0.3, -0.25) is 4.79 Å². The summed E-state index contributed by atoms with van der Waals surface area (Å²) in [7, 11) is 0. The van der Waals surface area contributed by atoms with Crippen molar-refractivity contribution in [2.75, 3.05) is 0 Å². The normalized spacial score (nSPS) is 22.2. The molecule has 0 aliphatic heterocycles. The lowest BCUT2D eigenvalue weighted by Gasteiger charge is -2.23. The van der Waals surface area contributed by atoms with Gasteiger partial charge < -0.3 is 0 Å². The highest BCUT2D eigenvalue weighted by atomic mass is 16.1. The molecule has 1 heteroatoms. The molecule has 1 atom stereocenters. The van der Waals surface area contributed by atoms with Gasteiger partial charge in [0.1, 0.15) is 0 Å². The molecule has 0 fully saturated rings. The van der Waals surface area contributed by atoms with Crippen molar-refractivity contribution in [1.82, 2.24) is 0 Å². The average molecular weight is 242 g/mol. The van der Waals surface area contributed by atoms with E-state index in [0.29, 0.717) is 17.6 Å². The van der Waals surface area contributed by atoms with Gasteiger partial charge in [-0.1, -0.05) is 19.9 Å². The molecule has 0 spiro atoms. The maximum atomic E-state index is 12.4. The molecule has 0 heterocycles. The second kappa shape index (κ2) is 4.22. The van der Waals surface area contributed by atoms with E-state index in [1.165, 1.54) is 41.5 Å². The monoisotopic (exact) mass is 242 g/mol. The lowest BCUT2D eigenvalue weighted by atomic mass is 9.81. The average Bonchev–Trinajstić information content (AvgIpc) is 2.69. The summed E-state index contributed by atoms with van der Waals surface area (Å²) < 4.78 is 0. The largest absolute Gasteiger partial charge is 0.294 e. The molecule has 0 amide bonds. The Morgan fingerprint density at radius 2 is 1.94 bits per heavy atom. The van der Waals surface area contributed by atoms with Gasteiger partial charge in [-0.25, -0.2) is 0 Å². The van der Waals surface area contributed by atoms with Crippen LogP contribution in [-0.4, -0.2) is 5.78 Å². The van der Waals surface area contributed by atoms with E-state index in [9.17, 15) is 4.79 Å². The van der Waals surface area contributed by atoms with Gasteiger partial charge in [-0.15, -0.1) is 0 Å². The Balaban J connectivity index is 2.22. The first kappa shape index (κ1) is 12.0. The summed E-state index contributed by atoms with van der Waals surface area (Å²) >= 11 is 0. The number of fused-ring (bicyclic) bond motifs is 3. The summed E-state index contributed by atoms with van der Waals surface area (Å²) in [6.45, 7) is 6.68. The number of aryl methyl sites for hydroxylation is 2. The highest BCUT2D eigenvalue weighted by molar-refractivity contribution is 6.03. The van der Waals surface area contributed by atoms with E-state index in [2.05, 4.69) is 26.8 Å². The van der Waals surface area contributed by atoms with Crippen LogP contribution < -0.4 is 0 Å². The van der Waals surface area contributed by atoms with Crippen LogP contribution in [-0.2, 0) is 12.8 Å². The van der Waals surface area contributed by atoms with Crippen LogP contribution in [0, 0.1) is 12.8 Å². The highest BCUT2D eigenvalue weighted by Crippen LogP contribution is 2.43. The molecule has 0 radical (unpaired) electrons. The molecule has 2 aliphatic carbocycles. The first-order valence-corrected chi connectivity index (χ1v) is 7.28. The summed E-state index contributed by atoms with van der Waals surface area (Å²) in [5.74, 6) is 1.43. The van der Waals surface area contributed by atoms with Gasteiger partial charge in [0.15, 0.2) is 5.78 Å². The third-order valence-electron chi connectivity index (χ3n) is 4.76. The summed E-state index contributed by atoms with van der Waals surface area (Å²) in [5, 5.41) is 0. The third kappa shape index (κ3) is 1.64. The van der Waals surface area contributed by atoms with Crippen LogP contribution in [0.15, 0.2) is 6.07 Å². The van der Waals surface area contributed by atoms with Crippen molar-refractivity contribution < 1.29 is 4.79 Å². The molecule has 0 aromatic heterocycles. The topological polar surface area (TPSA) is 17.1 Å². The van der Waals surface area contributed by atoms with E-state index in [1.54, 1.807) is 0 Å². The maximum Gasteiger partial charge on any atom is 0.164 e. The van der Waals surface area contributed by atoms with Gasteiger partial charge >= 0.3 is 0 Å². The Morgan fingerprint density at radius 3 is 2.67 bits per heavy atom. The number of hydrogen-bond acceptors (Lipinski definition) is 1. The number of carbonyl (C=O) groups is 1. The number of rotatable bonds is 1. The van der Waals surface area contributed by atoms with E-state index in [1.807, 2.05) is 0 Å². The molecule has 0 N–H and O–H groups in total. The zero-order chi connectivity index (χ0) is 12.9. The van der Waals surface area contributed by atoms with E-state index < -0.39 is 0 Å². The van der Waals surface area contributed by atoms with Crippen LogP contribution in [0.1, 0.15) is 71.6 Å². The van der Waals surface area contributed by atoms with Crippen LogP contribution >= 0.6 is 0 Å². The molecule has 1 aromatic carbocycles. The predicted molar refractivity (Wildman–Crippen MR) is 74.3 cm³/mol. The summed E-state index contributed by atoms with van der Waals surface area (Å²) in [5.41, 5.74) is 6.72. The number of hydrogen-bond donors (Lipinski definition) is 0. The van der Waals surface area contributed by atoms with E-state index in [4.69, 9.17) is 0 Å². The van der Waals surface area contributed by atoms with Crippen molar-refractivity contribution in [3.63, 3.8) is 0 Å². The van der Waals surface area contributed by atoms with Crippen LogP contribution in [0.25, 0.3) is 0 Å². The van der Waals surface area contributed by atoms with Gasteiger partial charge in [-0.05, 0) is 66.7 Å². The summed E-state index contributed by atoms with van der Waals surface area (Å²) in [4.78, 5) is 12.4. The Kier molecular flexibility index (Phi) is 2.80. The van der Waals surface area contributed by atoms with Crippen molar-refractivity contribution in [1.29, 1.82) is 0 Å². The molecule has 1 nitrogen and oxygen atoms in total.